The monoisotopic (exact) mass is 236 g/mol. The lowest BCUT2D eigenvalue weighted by Gasteiger charge is -2.32. The number of halogens is 1. The molecule has 2 rings (SSSR count). The topological polar surface area (TPSA) is 32.3 Å². The SMILES string of the molecule is CC(C)(C)N1NC(c2ccc(F)cc2)CC1=O. The highest BCUT2D eigenvalue weighted by Gasteiger charge is 2.36. The predicted molar refractivity (Wildman–Crippen MR) is 63.5 cm³/mol. The van der Waals surface area contributed by atoms with Gasteiger partial charge in [0.25, 0.3) is 0 Å². The van der Waals surface area contributed by atoms with Gasteiger partial charge in [0.1, 0.15) is 5.82 Å². The van der Waals surface area contributed by atoms with Crippen LogP contribution in [0.4, 0.5) is 4.39 Å². The minimum atomic E-state index is -0.259. The molecule has 1 heterocycles. The maximum atomic E-state index is 12.8. The molecule has 1 aliphatic heterocycles. The van der Waals surface area contributed by atoms with Crippen molar-refractivity contribution in [2.24, 2.45) is 0 Å². The normalized spacial score (nSPS) is 21.1. The summed E-state index contributed by atoms with van der Waals surface area (Å²) in [4.78, 5) is 11.9. The number of carbonyl (C=O) groups is 1. The summed E-state index contributed by atoms with van der Waals surface area (Å²) in [5.74, 6) is -0.183. The van der Waals surface area contributed by atoms with Crippen LogP contribution >= 0.6 is 0 Å². The van der Waals surface area contributed by atoms with Crippen molar-refractivity contribution in [3.05, 3.63) is 35.6 Å². The van der Waals surface area contributed by atoms with Crippen LogP contribution in [0.5, 0.6) is 0 Å². The second-order valence-electron chi connectivity index (χ2n) is 5.34. The standard InChI is InChI=1S/C13H17FN2O/c1-13(2,3)16-12(17)8-11(15-16)9-4-6-10(14)7-5-9/h4-7,11,15H,8H2,1-3H3. The summed E-state index contributed by atoms with van der Waals surface area (Å²) in [5, 5.41) is 1.65. The molecule has 0 bridgehead atoms. The molecule has 1 N–H and O–H groups in total. The molecule has 0 aromatic heterocycles. The van der Waals surface area contributed by atoms with Crippen LogP contribution in [0.2, 0.25) is 0 Å². The summed E-state index contributed by atoms with van der Waals surface area (Å²) < 4.78 is 12.8. The molecule has 1 fully saturated rings. The Balaban J connectivity index is 2.17. The summed E-state index contributed by atoms with van der Waals surface area (Å²) in [7, 11) is 0. The number of hydrazine groups is 1. The van der Waals surface area contributed by atoms with Gasteiger partial charge in [0.15, 0.2) is 0 Å². The molecule has 0 aliphatic carbocycles. The number of rotatable bonds is 1. The fourth-order valence-corrected chi connectivity index (χ4v) is 1.99. The van der Waals surface area contributed by atoms with Gasteiger partial charge in [0, 0.05) is 6.42 Å². The lowest BCUT2D eigenvalue weighted by Crippen LogP contribution is -2.48. The number of benzene rings is 1. The highest BCUT2D eigenvalue weighted by molar-refractivity contribution is 5.79. The number of amides is 1. The number of hydrogen-bond donors (Lipinski definition) is 1. The Hall–Kier alpha value is -1.42. The van der Waals surface area contributed by atoms with E-state index in [1.807, 2.05) is 20.8 Å². The zero-order valence-electron chi connectivity index (χ0n) is 10.3. The van der Waals surface area contributed by atoms with Crippen LogP contribution in [0.15, 0.2) is 24.3 Å². The van der Waals surface area contributed by atoms with Gasteiger partial charge >= 0.3 is 0 Å². The summed E-state index contributed by atoms with van der Waals surface area (Å²) in [5.41, 5.74) is 3.87. The molecule has 92 valence electrons. The maximum Gasteiger partial charge on any atom is 0.239 e. The molecule has 0 spiro atoms. The van der Waals surface area contributed by atoms with Crippen LogP contribution in [0.1, 0.15) is 38.8 Å². The summed E-state index contributed by atoms with van der Waals surface area (Å²) in [6, 6.07) is 6.21. The van der Waals surface area contributed by atoms with E-state index in [1.54, 1.807) is 17.1 Å². The molecule has 1 aromatic rings. The van der Waals surface area contributed by atoms with Crippen molar-refractivity contribution >= 4 is 5.91 Å². The van der Waals surface area contributed by atoms with Crippen molar-refractivity contribution in [2.75, 3.05) is 0 Å². The fourth-order valence-electron chi connectivity index (χ4n) is 1.99. The van der Waals surface area contributed by atoms with Crippen molar-refractivity contribution in [2.45, 2.75) is 38.8 Å². The van der Waals surface area contributed by atoms with Gasteiger partial charge in [0.2, 0.25) is 5.91 Å². The van der Waals surface area contributed by atoms with Crippen molar-refractivity contribution in [3.8, 4) is 0 Å². The van der Waals surface area contributed by atoms with E-state index in [2.05, 4.69) is 5.43 Å². The van der Waals surface area contributed by atoms with Gasteiger partial charge in [0.05, 0.1) is 11.6 Å². The average molecular weight is 236 g/mol. The van der Waals surface area contributed by atoms with Crippen molar-refractivity contribution in [1.82, 2.24) is 10.4 Å². The Morgan fingerprint density at radius 1 is 1.29 bits per heavy atom. The second-order valence-corrected chi connectivity index (χ2v) is 5.34. The van der Waals surface area contributed by atoms with E-state index in [9.17, 15) is 9.18 Å². The number of carbonyl (C=O) groups excluding carboxylic acids is 1. The molecule has 1 saturated heterocycles. The highest BCUT2D eigenvalue weighted by atomic mass is 19.1. The highest BCUT2D eigenvalue weighted by Crippen LogP contribution is 2.28. The molecule has 0 saturated carbocycles. The average Bonchev–Trinajstić information content (AvgIpc) is 2.61. The van der Waals surface area contributed by atoms with E-state index in [4.69, 9.17) is 0 Å². The quantitative estimate of drug-likeness (QED) is 0.812. The van der Waals surface area contributed by atoms with Crippen LogP contribution in [-0.2, 0) is 4.79 Å². The third-order valence-corrected chi connectivity index (χ3v) is 2.86. The lowest BCUT2D eigenvalue weighted by molar-refractivity contribution is -0.134. The Labute approximate surface area is 101 Å². The van der Waals surface area contributed by atoms with Gasteiger partial charge in [-0.25, -0.2) is 9.82 Å². The summed E-state index contributed by atoms with van der Waals surface area (Å²) in [6.45, 7) is 5.93. The zero-order chi connectivity index (χ0) is 12.6. The molecule has 0 radical (unpaired) electrons. The van der Waals surface area contributed by atoms with E-state index in [-0.39, 0.29) is 23.3 Å². The molecule has 4 heteroatoms. The van der Waals surface area contributed by atoms with E-state index in [0.29, 0.717) is 6.42 Å². The lowest BCUT2D eigenvalue weighted by atomic mass is 10.1. The Bertz CT molecular complexity index is 422. The maximum absolute atomic E-state index is 12.8. The largest absolute Gasteiger partial charge is 0.273 e. The third kappa shape index (κ3) is 2.47. The first-order valence-electron chi connectivity index (χ1n) is 5.72. The molecule has 1 aromatic carbocycles. The Morgan fingerprint density at radius 2 is 1.88 bits per heavy atom. The molecule has 17 heavy (non-hydrogen) atoms. The molecule has 1 atom stereocenters. The number of nitrogens with one attached hydrogen (secondary N) is 1. The van der Waals surface area contributed by atoms with Crippen LogP contribution in [0.25, 0.3) is 0 Å². The van der Waals surface area contributed by atoms with Gasteiger partial charge in [-0.2, -0.15) is 0 Å². The molecule has 1 amide bonds. The van der Waals surface area contributed by atoms with Crippen molar-refractivity contribution < 1.29 is 9.18 Å². The Kier molecular flexibility index (Phi) is 2.91. The molecule has 1 aliphatic rings. The first-order chi connectivity index (χ1) is 7.88. The minimum Gasteiger partial charge on any atom is -0.273 e. The van der Waals surface area contributed by atoms with E-state index in [1.165, 1.54) is 12.1 Å². The van der Waals surface area contributed by atoms with Crippen LogP contribution in [0, 0.1) is 5.82 Å². The van der Waals surface area contributed by atoms with E-state index < -0.39 is 0 Å². The van der Waals surface area contributed by atoms with E-state index >= 15 is 0 Å². The zero-order valence-corrected chi connectivity index (χ0v) is 10.3. The van der Waals surface area contributed by atoms with Gasteiger partial charge in [-0.3, -0.25) is 9.80 Å². The molecular formula is C13H17FN2O. The van der Waals surface area contributed by atoms with Gasteiger partial charge in [-0.15, -0.1) is 0 Å². The van der Waals surface area contributed by atoms with Crippen LogP contribution < -0.4 is 5.43 Å². The minimum absolute atomic E-state index is 0.0534. The van der Waals surface area contributed by atoms with Crippen molar-refractivity contribution in [1.29, 1.82) is 0 Å². The third-order valence-electron chi connectivity index (χ3n) is 2.86. The Morgan fingerprint density at radius 3 is 2.35 bits per heavy atom. The van der Waals surface area contributed by atoms with Gasteiger partial charge < -0.3 is 0 Å². The van der Waals surface area contributed by atoms with Gasteiger partial charge in [-0.05, 0) is 38.5 Å². The molecule has 3 nitrogen and oxygen atoms in total. The molecule has 1 unspecified atom stereocenters. The number of hydrogen-bond acceptors (Lipinski definition) is 2. The summed E-state index contributed by atoms with van der Waals surface area (Å²) in [6.07, 6.45) is 0.420. The van der Waals surface area contributed by atoms with E-state index in [0.717, 1.165) is 5.56 Å². The first-order valence-corrected chi connectivity index (χ1v) is 5.72. The summed E-state index contributed by atoms with van der Waals surface area (Å²) >= 11 is 0. The fraction of sp³-hybridized carbons (Fsp3) is 0.462. The molecular weight excluding hydrogens is 219 g/mol. The van der Waals surface area contributed by atoms with Crippen LogP contribution in [0.3, 0.4) is 0 Å². The van der Waals surface area contributed by atoms with Gasteiger partial charge in [-0.1, -0.05) is 12.1 Å². The first kappa shape index (κ1) is 12.0. The predicted octanol–water partition coefficient (Wildman–Crippen LogP) is 2.40. The van der Waals surface area contributed by atoms with Crippen molar-refractivity contribution in [3.63, 3.8) is 0 Å². The smallest absolute Gasteiger partial charge is 0.239 e. The second kappa shape index (κ2) is 4.11. The number of nitrogens with zero attached hydrogens (tertiary/aromatic N) is 1. The van der Waals surface area contributed by atoms with Crippen LogP contribution in [-0.4, -0.2) is 16.5 Å².